The fraction of sp³-hybridized carbons (Fsp3) is 0.0556. The predicted octanol–water partition coefficient (Wildman–Crippen LogP) is 3.34. The maximum atomic E-state index is 12.2. The molecule has 0 radical (unpaired) electrons. The predicted molar refractivity (Wildman–Crippen MR) is 89.3 cm³/mol. The van der Waals surface area contributed by atoms with E-state index >= 15 is 0 Å². The van der Waals surface area contributed by atoms with E-state index in [1.165, 1.54) is 12.1 Å². The number of aryl methyl sites for hydroxylation is 1. The van der Waals surface area contributed by atoms with Crippen LogP contribution in [0.3, 0.4) is 0 Å². The number of nitrogens with one attached hydrogen (secondary N) is 1. The molecule has 0 aliphatic heterocycles. The Morgan fingerprint density at radius 3 is 2.79 bits per heavy atom. The number of carboxylic acid groups (broad SMARTS) is 1. The number of rotatable bonds is 2. The van der Waals surface area contributed by atoms with Crippen LogP contribution in [-0.2, 0) is 0 Å². The molecule has 0 aliphatic carbocycles. The fourth-order valence-corrected chi connectivity index (χ4v) is 2.68. The molecule has 0 aliphatic rings. The number of aromatic nitrogens is 2. The lowest BCUT2D eigenvalue weighted by Gasteiger charge is -2.00. The van der Waals surface area contributed by atoms with Crippen molar-refractivity contribution < 1.29 is 14.3 Å². The number of imidazole rings is 1. The average molecular weight is 320 g/mol. The Bertz CT molecular complexity index is 1170. The standard InChI is InChI=1S/C18H12N2O4/c1-9-2-5-15-11(6-9)7-12(18(23)24-15)16-19-13-4-3-10(17(21)22)8-14(13)20-16/h2-8H,1H3,(H,19,20)(H,21,22). The topological polar surface area (TPSA) is 96.2 Å². The van der Waals surface area contributed by atoms with Crippen LogP contribution < -0.4 is 5.63 Å². The van der Waals surface area contributed by atoms with Crippen molar-refractivity contribution >= 4 is 28.0 Å². The van der Waals surface area contributed by atoms with Crippen LogP contribution in [0.1, 0.15) is 15.9 Å². The van der Waals surface area contributed by atoms with Gasteiger partial charge in [0.05, 0.1) is 16.6 Å². The lowest BCUT2D eigenvalue weighted by Crippen LogP contribution is -2.03. The van der Waals surface area contributed by atoms with Crippen molar-refractivity contribution in [2.45, 2.75) is 6.92 Å². The van der Waals surface area contributed by atoms with Crippen LogP contribution in [0.15, 0.2) is 51.7 Å². The number of hydrogen-bond donors (Lipinski definition) is 2. The minimum Gasteiger partial charge on any atom is -0.478 e. The van der Waals surface area contributed by atoms with Crippen LogP contribution in [0.25, 0.3) is 33.4 Å². The number of H-pyrrole nitrogens is 1. The summed E-state index contributed by atoms with van der Waals surface area (Å²) in [5.74, 6) is -0.668. The molecule has 24 heavy (non-hydrogen) atoms. The van der Waals surface area contributed by atoms with Gasteiger partial charge in [-0.1, -0.05) is 11.6 Å². The Morgan fingerprint density at radius 2 is 2.00 bits per heavy atom. The van der Waals surface area contributed by atoms with Crippen molar-refractivity contribution in [1.82, 2.24) is 9.97 Å². The van der Waals surface area contributed by atoms with E-state index in [4.69, 9.17) is 9.52 Å². The summed E-state index contributed by atoms with van der Waals surface area (Å²) in [6.07, 6.45) is 0. The minimum absolute atomic E-state index is 0.152. The molecule has 0 saturated heterocycles. The molecule has 2 N–H and O–H groups in total. The molecule has 0 amide bonds. The minimum atomic E-state index is -1.02. The molecule has 0 fully saturated rings. The Balaban J connectivity index is 1.93. The summed E-state index contributed by atoms with van der Waals surface area (Å²) in [6.45, 7) is 1.96. The van der Waals surface area contributed by atoms with Gasteiger partial charge < -0.3 is 14.5 Å². The zero-order valence-electron chi connectivity index (χ0n) is 12.7. The molecule has 0 bridgehead atoms. The van der Waals surface area contributed by atoms with Crippen LogP contribution in [0, 0.1) is 6.92 Å². The third-order valence-corrected chi connectivity index (χ3v) is 3.87. The van der Waals surface area contributed by atoms with Gasteiger partial charge in [-0.25, -0.2) is 14.6 Å². The molecule has 2 aromatic heterocycles. The number of aromatic amines is 1. The van der Waals surface area contributed by atoms with Gasteiger partial charge >= 0.3 is 11.6 Å². The lowest BCUT2D eigenvalue weighted by molar-refractivity contribution is 0.0697. The Hall–Kier alpha value is -3.41. The highest BCUT2D eigenvalue weighted by atomic mass is 16.4. The molecule has 0 spiro atoms. The van der Waals surface area contributed by atoms with Crippen molar-refractivity contribution in [1.29, 1.82) is 0 Å². The van der Waals surface area contributed by atoms with Gasteiger partial charge in [-0.15, -0.1) is 0 Å². The summed E-state index contributed by atoms with van der Waals surface area (Å²) in [4.78, 5) is 30.7. The molecule has 6 heteroatoms. The summed E-state index contributed by atoms with van der Waals surface area (Å²) in [6, 6.07) is 11.8. The summed E-state index contributed by atoms with van der Waals surface area (Å²) in [5.41, 5.74) is 2.66. The molecule has 0 saturated carbocycles. The second-order valence-electron chi connectivity index (χ2n) is 5.61. The molecule has 2 aromatic carbocycles. The molecule has 4 rings (SSSR count). The van der Waals surface area contributed by atoms with E-state index in [9.17, 15) is 9.59 Å². The number of hydrogen-bond acceptors (Lipinski definition) is 4. The number of benzene rings is 2. The van der Waals surface area contributed by atoms with E-state index in [0.29, 0.717) is 28.0 Å². The van der Waals surface area contributed by atoms with Crippen LogP contribution in [0.5, 0.6) is 0 Å². The van der Waals surface area contributed by atoms with Crippen molar-refractivity contribution in [3.63, 3.8) is 0 Å². The van der Waals surface area contributed by atoms with Crippen LogP contribution >= 0.6 is 0 Å². The van der Waals surface area contributed by atoms with Crippen LogP contribution in [0.4, 0.5) is 0 Å². The molecular weight excluding hydrogens is 308 g/mol. The van der Waals surface area contributed by atoms with Gasteiger partial charge in [0.1, 0.15) is 17.0 Å². The number of aromatic carboxylic acids is 1. The van der Waals surface area contributed by atoms with E-state index in [0.717, 1.165) is 10.9 Å². The molecule has 2 heterocycles. The van der Waals surface area contributed by atoms with Gasteiger partial charge in [0.2, 0.25) is 0 Å². The highest BCUT2D eigenvalue weighted by Gasteiger charge is 2.13. The third-order valence-electron chi connectivity index (χ3n) is 3.87. The second-order valence-corrected chi connectivity index (χ2v) is 5.61. The van der Waals surface area contributed by atoms with E-state index in [1.54, 1.807) is 18.2 Å². The van der Waals surface area contributed by atoms with Crippen molar-refractivity contribution in [3.05, 3.63) is 64.0 Å². The first-order valence-electron chi connectivity index (χ1n) is 7.29. The maximum Gasteiger partial charge on any atom is 0.347 e. The van der Waals surface area contributed by atoms with E-state index < -0.39 is 11.6 Å². The molecule has 4 aromatic rings. The molecule has 118 valence electrons. The number of carbonyl (C=O) groups is 1. The van der Waals surface area contributed by atoms with Gasteiger partial charge in [0, 0.05) is 5.39 Å². The summed E-state index contributed by atoms with van der Waals surface area (Å²) < 4.78 is 5.35. The van der Waals surface area contributed by atoms with E-state index in [-0.39, 0.29) is 5.56 Å². The lowest BCUT2D eigenvalue weighted by atomic mass is 10.1. The first-order valence-corrected chi connectivity index (χ1v) is 7.29. The van der Waals surface area contributed by atoms with Crippen LogP contribution in [0.2, 0.25) is 0 Å². The van der Waals surface area contributed by atoms with Crippen LogP contribution in [-0.4, -0.2) is 21.0 Å². The molecule has 0 atom stereocenters. The molecule has 0 unspecified atom stereocenters. The van der Waals surface area contributed by atoms with Gasteiger partial charge in [0.25, 0.3) is 0 Å². The van der Waals surface area contributed by atoms with Gasteiger partial charge in [0.15, 0.2) is 0 Å². The highest BCUT2D eigenvalue weighted by molar-refractivity contribution is 5.93. The maximum absolute atomic E-state index is 12.2. The van der Waals surface area contributed by atoms with Crippen molar-refractivity contribution in [2.75, 3.05) is 0 Å². The largest absolute Gasteiger partial charge is 0.478 e. The first kappa shape index (κ1) is 14.2. The van der Waals surface area contributed by atoms with E-state index in [2.05, 4.69) is 9.97 Å². The number of carboxylic acids is 1. The third kappa shape index (κ3) is 2.25. The Labute approximate surface area is 135 Å². The first-order chi connectivity index (χ1) is 11.5. The zero-order valence-corrected chi connectivity index (χ0v) is 12.7. The Kier molecular flexibility index (Phi) is 2.99. The normalized spacial score (nSPS) is 11.2. The van der Waals surface area contributed by atoms with Crippen molar-refractivity contribution in [2.24, 2.45) is 0 Å². The highest BCUT2D eigenvalue weighted by Crippen LogP contribution is 2.23. The quantitative estimate of drug-likeness (QED) is 0.552. The molecular formula is C18H12N2O4. The fourth-order valence-electron chi connectivity index (χ4n) is 2.68. The zero-order chi connectivity index (χ0) is 16.8. The average Bonchev–Trinajstić information content (AvgIpc) is 2.97. The van der Waals surface area contributed by atoms with Gasteiger partial charge in [-0.3, -0.25) is 0 Å². The van der Waals surface area contributed by atoms with Gasteiger partial charge in [-0.2, -0.15) is 0 Å². The number of nitrogens with zero attached hydrogens (tertiary/aromatic N) is 1. The summed E-state index contributed by atoms with van der Waals surface area (Å²) in [5, 5.41) is 9.86. The number of fused-ring (bicyclic) bond motifs is 2. The summed E-state index contributed by atoms with van der Waals surface area (Å²) in [7, 11) is 0. The second kappa shape index (κ2) is 5.06. The Morgan fingerprint density at radius 1 is 1.17 bits per heavy atom. The molecule has 6 nitrogen and oxygen atoms in total. The van der Waals surface area contributed by atoms with E-state index in [1.807, 2.05) is 19.1 Å². The summed E-state index contributed by atoms with van der Waals surface area (Å²) >= 11 is 0. The smallest absolute Gasteiger partial charge is 0.347 e. The monoisotopic (exact) mass is 320 g/mol. The SMILES string of the molecule is Cc1ccc2oc(=O)c(-c3nc4ccc(C(=O)O)cc4[nH]3)cc2c1. The van der Waals surface area contributed by atoms with Crippen molar-refractivity contribution in [3.8, 4) is 11.4 Å². The van der Waals surface area contributed by atoms with Gasteiger partial charge in [-0.05, 0) is 43.3 Å².